The number of benzene rings is 2. The fourth-order valence-electron chi connectivity index (χ4n) is 5.23. The van der Waals surface area contributed by atoms with Crippen molar-refractivity contribution in [1.29, 1.82) is 0 Å². The van der Waals surface area contributed by atoms with Gasteiger partial charge in [-0.3, -0.25) is 0 Å². The molecule has 4 rings (SSSR count). The Kier molecular flexibility index (Phi) is 3.44. The monoisotopic (exact) mass is 310 g/mol. The molecule has 2 aromatic rings. The van der Waals surface area contributed by atoms with Gasteiger partial charge in [0, 0.05) is 5.41 Å². The van der Waals surface area contributed by atoms with E-state index in [9.17, 15) is 4.39 Å². The number of halogens is 1. The summed E-state index contributed by atoms with van der Waals surface area (Å²) in [6.45, 7) is 1.95. The topological polar surface area (TPSA) is 9.23 Å². The number of rotatable bonds is 3. The highest BCUT2D eigenvalue weighted by molar-refractivity contribution is 5.47. The van der Waals surface area contributed by atoms with E-state index in [4.69, 9.17) is 4.74 Å². The van der Waals surface area contributed by atoms with E-state index in [1.165, 1.54) is 31.2 Å². The molecule has 0 heterocycles. The van der Waals surface area contributed by atoms with Gasteiger partial charge in [-0.1, -0.05) is 24.3 Å². The van der Waals surface area contributed by atoms with Crippen molar-refractivity contribution in [2.75, 3.05) is 7.11 Å². The molecule has 0 spiro atoms. The second kappa shape index (κ2) is 5.36. The fourth-order valence-corrected chi connectivity index (χ4v) is 5.23. The summed E-state index contributed by atoms with van der Waals surface area (Å²) in [5, 5.41) is 0. The van der Waals surface area contributed by atoms with Crippen molar-refractivity contribution in [3.8, 4) is 5.75 Å². The van der Waals surface area contributed by atoms with E-state index in [1.807, 2.05) is 25.1 Å². The average Bonchev–Trinajstić information content (AvgIpc) is 3.11. The number of methoxy groups -OCH3 is 1. The van der Waals surface area contributed by atoms with Gasteiger partial charge in [0.25, 0.3) is 0 Å². The summed E-state index contributed by atoms with van der Waals surface area (Å²) in [5.74, 6) is 1.93. The lowest BCUT2D eigenvalue weighted by Crippen LogP contribution is -2.34. The molecular formula is C21H23FO. The molecule has 2 saturated carbocycles. The molecule has 0 unspecified atom stereocenters. The molecule has 0 aliphatic heterocycles. The quantitative estimate of drug-likeness (QED) is 0.752. The first-order valence-corrected chi connectivity index (χ1v) is 8.57. The lowest BCUT2D eigenvalue weighted by molar-refractivity contribution is 0.370. The van der Waals surface area contributed by atoms with E-state index in [2.05, 4.69) is 18.2 Å². The minimum absolute atomic E-state index is 0.0420. The predicted octanol–water partition coefficient (Wildman–Crippen LogP) is 5.25. The van der Waals surface area contributed by atoms with Gasteiger partial charge in [0.1, 0.15) is 11.6 Å². The third kappa shape index (κ3) is 2.04. The van der Waals surface area contributed by atoms with Gasteiger partial charge < -0.3 is 4.74 Å². The SMILES string of the molecule is COc1ccc(C2(c3ccc(C)cc3F)C3CCC2CC3)cc1. The van der Waals surface area contributed by atoms with E-state index >= 15 is 0 Å². The van der Waals surface area contributed by atoms with E-state index in [1.54, 1.807) is 13.2 Å². The van der Waals surface area contributed by atoms with Gasteiger partial charge in [0.2, 0.25) is 0 Å². The zero-order chi connectivity index (χ0) is 16.0. The van der Waals surface area contributed by atoms with Crippen LogP contribution in [0.3, 0.4) is 0 Å². The van der Waals surface area contributed by atoms with Crippen LogP contribution in [0.15, 0.2) is 42.5 Å². The molecule has 1 nitrogen and oxygen atoms in total. The standard InChI is InChI=1S/C21H23FO/c1-14-3-12-19(20(22)13-14)21(15-4-5-16(21)7-6-15)17-8-10-18(23-2)11-9-17/h3,8-13,15-16H,4-7H2,1-2H3. The molecule has 23 heavy (non-hydrogen) atoms. The number of aryl methyl sites for hydroxylation is 1. The Bertz CT molecular complexity index is 699. The maximum Gasteiger partial charge on any atom is 0.127 e. The van der Waals surface area contributed by atoms with Crippen LogP contribution in [-0.2, 0) is 5.41 Å². The van der Waals surface area contributed by atoms with Gasteiger partial charge in [-0.05, 0) is 79.3 Å². The van der Waals surface area contributed by atoms with Crippen LogP contribution in [0.5, 0.6) is 5.75 Å². The van der Waals surface area contributed by atoms with E-state index < -0.39 is 0 Å². The molecule has 0 N–H and O–H groups in total. The van der Waals surface area contributed by atoms with Crippen molar-refractivity contribution in [3.63, 3.8) is 0 Å². The number of hydrogen-bond donors (Lipinski definition) is 0. The molecule has 0 aromatic heterocycles. The van der Waals surface area contributed by atoms with Crippen LogP contribution in [0.4, 0.5) is 4.39 Å². The number of ether oxygens (including phenoxy) is 1. The van der Waals surface area contributed by atoms with Crippen LogP contribution in [0.2, 0.25) is 0 Å². The van der Waals surface area contributed by atoms with Crippen molar-refractivity contribution in [3.05, 3.63) is 65.0 Å². The Labute approximate surface area is 137 Å². The minimum Gasteiger partial charge on any atom is -0.497 e. The van der Waals surface area contributed by atoms with Crippen LogP contribution >= 0.6 is 0 Å². The van der Waals surface area contributed by atoms with Crippen LogP contribution < -0.4 is 4.74 Å². The first-order chi connectivity index (χ1) is 11.2. The van der Waals surface area contributed by atoms with Crippen molar-refractivity contribution >= 4 is 0 Å². The Morgan fingerprint density at radius 3 is 2.09 bits per heavy atom. The largest absolute Gasteiger partial charge is 0.497 e. The molecule has 120 valence electrons. The van der Waals surface area contributed by atoms with Crippen molar-refractivity contribution in [2.45, 2.75) is 38.0 Å². The van der Waals surface area contributed by atoms with E-state index in [-0.39, 0.29) is 11.2 Å². The summed E-state index contributed by atoms with van der Waals surface area (Å²) in [6, 6.07) is 14.1. The highest BCUT2D eigenvalue weighted by atomic mass is 19.1. The smallest absolute Gasteiger partial charge is 0.127 e. The molecule has 2 bridgehead atoms. The molecule has 0 radical (unpaired) electrons. The molecule has 0 atom stereocenters. The van der Waals surface area contributed by atoms with Crippen LogP contribution in [0.25, 0.3) is 0 Å². The third-order valence-corrected chi connectivity index (χ3v) is 6.15. The van der Waals surface area contributed by atoms with Crippen molar-refractivity contribution < 1.29 is 9.13 Å². The minimum atomic E-state index is -0.149. The van der Waals surface area contributed by atoms with Crippen molar-refractivity contribution in [1.82, 2.24) is 0 Å². The fraction of sp³-hybridized carbons (Fsp3) is 0.429. The first-order valence-electron chi connectivity index (χ1n) is 8.57. The molecule has 0 saturated heterocycles. The molecule has 2 aromatic carbocycles. The Hall–Kier alpha value is -1.83. The number of hydrogen-bond acceptors (Lipinski definition) is 1. The van der Waals surface area contributed by atoms with Gasteiger partial charge in [0.05, 0.1) is 7.11 Å². The molecule has 2 aliphatic rings. The van der Waals surface area contributed by atoms with Gasteiger partial charge in [0.15, 0.2) is 0 Å². The summed E-state index contributed by atoms with van der Waals surface area (Å²) in [5.41, 5.74) is 3.00. The summed E-state index contributed by atoms with van der Waals surface area (Å²) < 4.78 is 20.2. The summed E-state index contributed by atoms with van der Waals surface area (Å²) in [7, 11) is 1.68. The van der Waals surface area contributed by atoms with Crippen LogP contribution in [-0.4, -0.2) is 7.11 Å². The Morgan fingerprint density at radius 2 is 1.57 bits per heavy atom. The predicted molar refractivity (Wildman–Crippen MR) is 90.4 cm³/mol. The maximum atomic E-state index is 14.9. The van der Waals surface area contributed by atoms with Crippen LogP contribution in [0.1, 0.15) is 42.4 Å². The van der Waals surface area contributed by atoms with E-state index in [0.29, 0.717) is 11.8 Å². The summed E-state index contributed by atoms with van der Waals surface area (Å²) in [6.07, 6.45) is 4.85. The Balaban J connectivity index is 1.92. The highest BCUT2D eigenvalue weighted by Gasteiger charge is 2.56. The molecule has 0 amide bonds. The third-order valence-electron chi connectivity index (χ3n) is 6.15. The summed E-state index contributed by atoms with van der Waals surface area (Å²) >= 11 is 0. The first kappa shape index (κ1) is 14.7. The van der Waals surface area contributed by atoms with E-state index in [0.717, 1.165) is 16.9 Å². The normalized spacial score (nSPS) is 29.0. The van der Waals surface area contributed by atoms with Crippen LogP contribution in [0, 0.1) is 24.6 Å². The van der Waals surface area contributed by atoms with Gasteiger partial charge >= 0.3 is 0 Å². The zero-order valence-corrected chi connectivity index (χ0v) is 13.8. The van der Waals surface area contributed by atoms with Gasteiger partial charge in [-0.15, -0.1) is 0 Å². The number of fused-ring (bicyclic) bond motifs is 2. The van der Waals surface area contributed by atoms with Gasteiger partial charge in [-0.2, -0.15) is 0 Å². The lowest BCUT2D eigenvalue weighted by atomic mass is 9.66. The zero-order valence-electron chi connectivity index (χ0n) is 13.8. The highest BCUT2D eigenvalue weighted by Crippen LogP contribution is 2.62. The second-order valence-corrected chi connectivity index (χ2v) is 7.13. The second-order valence-electron chi connectivity index (χ2n) is 7.13. The molecule has 2 fully saturated rings. The molecule has 2 aliphatic carbocycles. The lowest BCUT2D eigenvalue weighted by Gasteiger charge is -2.36. The maximum absolute atomic E-state index is 14.9. The molecular weight excluding hydrogens is 287 g/mol. The average molecular weight is 310 g/mol. The van der Waals surface area contributed by atoms with Gasteiger partial charge in [-0.25, -0.2) is 4.39 Å². The molecule has 2 heteroatoms. The van der Waals surface area contributed by atoms with Crippen molar-refractivity contribution in [2.24, 2.45) is 11.8 Å². The summed E-state index contributed by atoms with van der Waals surface area (Å²) in [4.78, 5) is 0. The Morgan fingerprint density at radius 1 is 0.957 bits per heavy atom.